The molecule has 0 aromatic heterocycles. The molecular formula is C20H34N2O2. The number of hydrogen-bond donors (Lipinski definition) is 2. The zero-order valence-electron chi connectivity index (χ0n) is 15.4. The van der Waals surface area contributed by atoms with E-state index < -0.39 is 6.04 Å². The van der Waals surface area contributed by atoms with Crippen LogP contribution in [0.4, 0.5) is 0 Å². The molecule has 0 spiro atoms. The van der Waals surface area contributed by atoms with Crippen molar-refractivity contribution in [3.63, 3.8) is 0 Å². The van der Waals surface area contributed by atoms with Gasteiger partial charge in [0.25, 0.3) is 0 Å². The maximum atomic E-state index is 12.3. The van der Waals surface area contributed by atoms with Crippen molar-refractivity contribution in [1.82, 2.24) is 0 Å². The molecule has 0 saturated carbocycles. The standard InChI is InChI=1S/C20H34N2O2/c1-3-5-10-16-11-9-14-19(17(16)12-6-4-2)24-20(23)18(22)13-7-8-15-21/h9,11,14,18H,3-8,10,12-13,15,21-22H2,1-2H3. The Morgan fingerprint density at radius 3 is 2.46 bits per heavy atom. The second kappa shape index (κ2) is 12.0. The highest BCUT2D eigenvalue weighted by Gasteiger charge is 2.18. The van der Waals surface area contributed by atoms with Crippen molar-refractivity contribution >= 4 is 5.97 Å². The largest absolute Gasteiger partial charge is 0.425 e. The fourth-order valence-electron chi connectivity index (χ4n) is 2.76. The second-order valence-corrected chi connectivity index (χ2v) is 6.41. The minimum Gasteiger partial charge on any atom is -0.425 e. The predicted molar refractivity (Wildman–Crippen MR) is 100 cm³/mol. The molecule has 0 saturated heterocycles. The molecule has 0 amide bonds. The van der Waals surface area contributed by atoms with E-state index in [0.29, 0.717) is 18.7 Å². The Bertz CT molecular complexity index is 489. The number of ether oxygens (including phenoxy) is 1. The van der Waals surface area contributed by atoms with Gasteiger partial charge in [-0.05, 0) is 62.3 Å². The first-order chi connectivity index (χ1) is 11.6. The molecule has 1 unspecified atom stereocenters. The first-order valence-corrected chi connectivity index (χ1v) is 9.42. The molecule has 0 aliphatic heterocycles. The van der Waals surface area contributed by atoms with E-state index in [9.17, 15) is 4.79 Å². The van der Waals surface area contributed by atoms with Gasteiger partial charge in [0.05, 0.1) is 0 Å². The highest BCUT2D eigenvalue weighted by Crippen LogP contribution is 2.26. The minimum absolute atomic E-state index is 0.336. The average Bonchev–Trinajstić information content (AvgIpc) is 2.59. The second-order valence-electron chi connectivity index (χ2n) is 6.41. The van der Waals surface area contributed by atoms with E-state index in [-0.39, 0.29) is 5.97 Å². The van der Waals surface area contributed by atoms with Gasteiger partial charge in [0.1, 0.15) is 11.8 Å². The smallest absolute Gasteiger partial charge is 0.328 e. The molecule has 4 nitrogen and oxygen atoms in total. The summed E-state index contributed by atoms with van der Waals surface area (Å²) in [5.74, 6) is 0.355. The fraction of sp³-hybridized carbons (Fsp3) is 0.650. The number of aryl methyl sites for hydroxylation is 1. The highest BCUT2D eigenvalue weighted by atomic mass is 16.5. The Kier molecular flexibility index (Phi) is 10.4. The summed E-state index contributed by atoms with van der Waals surface area (Å²) in [6, 6.07) is 5.45. The topological polar surface area (TPSA) is 78.3 Å². The summed E-state index contributed by atoms with van der Waals surface area (Å²) < 4.78 is 5.66. The molecule has 0 aliphatic carbocycles. The van der Waals surface area contributed by atoms with Crippen LogP contribution in [0.5, 0.6) is 5.75 Å². The molecular weight excluding hydrogens is 300 g/mol. The fourth-order valence-corrected chi connectivity index (χ4v) is 2.76. The lowest BCUT2D eigenvalue weighted by Crippen LogP contribution is -2.34. The van der Waals surface area contributed by atoms with Crippen molar-refractivity contribution in [3.05, 3.63) is 29.3 Å². The lowest BCUT2D eigenvalue weighted by Gasteiger charge is -2.17. The maximum Gasteiger partial charge on any atom is 0.328 e. The Morgan fingerprint density at radius 1 is 1.08 bits per heavy atom. The third kappa shape index (κ3) is 7.02. The van der Waals surface area contributed by atoms with E-state index in [4.69, 9.17) is 16.2 Å². The molecule has 4 N–H and O–H groups in total. The van der Waals surface area contributed by atoms with Crippen LogP contribution in [0.15, 0.2) is 18.2 Å². The lowest BCUT2D eigenvalue weighted by atomic mass is 9.97. The first-order valence-electron chi connectivity index (χ1n) is 9.42. The number of carbonyl (C=O) groups is 1. The van der Waals surface area contributed by atoms with Gasteiger partial charge in [0, 0.05) is 0 Å². The zero-order chi connectivity index (χ0) is 17.8. The van der Waals surface area contributed by atoms with Crippen LogP contribution in [0, 0.1) is 0 Å². The van der Waals surface area contributed by atoms with Crippen LogP contribution in [-0.4, -0.2) is 18.6 Å². The molecule has 0 radical (unpaired) electrons. The Morgan fingerprint density at radius 2 is 1.79 bits per heavy atom. The monoisotopic (exact) mass is 334 g/mol. The molecule has 0 aliphatic rings. The molecule has 0 heterocycles. The van der Waals surface area contributed by atoms with Gasteiger partial charge in [-0.15, -0.1) is 0 Å². The first kappa shape index (κ1) is 20.7. The van der Waals surface area contributed by atoms with E-state index in [1.807, 2.05) is 12.1 Å². The van der Waals surface area contributed by atoms with Crippen molar-refractivity contribution in [2.24, 2.45) is 11.5 Å². The Labute approximate surface area is 146 Å². The summed E-state index contributed by atoms with van der Waals surface area (Å²) >= 11 is 0. The number of benzene rings is 1. The lowest BCUT2D eigenvalue weighted by molar-refractivity contribution is -0.136. The third-order valence-corrected chi connectivity index (χ3v) is 4.29. The van der Waals surface area contributed by atoms with Crippen LogP contribution in [-0.2, 0) is 17.6 Å². The van der Waals surface area contributed by atoms with Crippen LogP contribution >= 0.6 is 0 Å². The van der Waals surface area contributed by atoms with Crippen molar-refractivity contribution < 1.29 is 9.53 Å². The molecule has 0 bridgehead atoms. The van der Waals surface area contributed by atoms with Crippen molar-refractivity contribution in [2.45, 2.75) is 77.7 Å². The van der Waals surface area contributed by atoms with Gasteiger partial charge in [-0.3, -0.25) is 0 Å². The Hall–Kier alpha value is -1.39. The molecule has 4 heteroatoms. The molecule has 136 valence electrons. The normalized spacial score (nSPS) is 12.2. The van der Waals surface area contributed by atoms with Gasteiger partial charge in [-0.25, -0.2) is 4.79 Å². The molecule has 0 fully saturated rings. The summed E-state index contributed by atoms with van der Waals surface area (Å²) in [4.78, 5) is 12.3. The number of unbranched alkanes of at least 4 members (excludes halogenated alkanes) is 3. The zero-order valence-corrected chi connectivity index (χ0v) is 15.4. The van der Waals surface area contributed by atoms with E-state index in [0.717, 1.165) is 51.4 Å². The molecule has 1 aromatic rings. The number of hydrogen-bond acceptors (Lipinski definition) is 4. The summed E-state index contributed by atoms with van der Waals surface area (Å²) in [5.41, 5.74) is 13.9. The van der Waals surface area contributed by atoms with E-state index >= 15 is 0 Å². The van der Waals surface area contributed by atoms with E-state index in [2.05, 4.69) is 19.9 Å². The van der Waals surface area contributed by atoms with E-state index in [1.54, 1.807) is 0 Å². The van der Waals surface area contributed by atoms with Gasteiger partial charge >= 0.3 is 5.97 Å². The van der Waals surface area contributed by atoms with Crippen molar-refractivity contribution in [1.29, 1.82) is 0 Å². The van der Waals surface area contributed by atoms with E-state index in [1.165, 1.54) is 11.1 Å². The summed E-state index contributed by atoms with van der Waals surface area (Å²) in [6.45, 7) is 4.99. The number of carbonyl (C=O) groups excluding carboxylic acids is 1. The number of nitrogens with two attached hydrogens (primary N) is 2. The average molecular weight is 335 g/mol. The van der Waals surface area contributed by atoms with Crippen LogP contribution in [0.25, 0.3) is 0 Å². The number of esters is 1. The summed E-state index contributed by atoms with van der Waals surface area (Å²) in [6.07, 6.45) is 8.85. The summed E-state index contributed by atoms with van der Waals surface area (Å²) in [5, 5.41) is 0. The molecule has 1 aromatic carbocycles. The molecule has 1 rings (SSSR count). The van der Waals surface area contributed by atoms with Gasteiger partial charge in [0.15, 0.2) is 0 Å². The van der Waals surface area contributed by atoms with Gasteiger partial charge in [0.2, 0.25) is 0 Å². The predicted octanol–water partition coefficient (Wildman–Crippen LogP) is 3.73. The van der Waals surface area contributed by atoms with Crippen LogP contribution in [0.2, 0.25) is 0 Å². The summed E-state index contributed by atoms with van der Waals surface area (Å²) in [7, 11) is 0. The van der Waals surface area contributed by atoms with Crippen LogP contribution < -0.4 is 16.2 Å². The SMILES string of the molecule is CCCCc1cccc(OC(=O)C(N)CCCCN)c1CCCC. The van der Waals surface area contributed by atoms with Gasteiger partial charge < -0.3 is 16.2 Å². The van der Waals surface area contributed by atoms with Gasteiger partial charge in [-0.1, -0.05) is 45.2 Å². The highest BCUT2D eigenvalue weighted by molar-refractivity contribution is 5.78. The van der Waals surface area contributed by atoms with Crippen molar-refractivity contribution in [3.8, 4) is 5.75 Å². The van der Waals surface area contributed by atoms with Crippen molar-refractivity contribution in [2.75, 3.05) is 6.54 Å². The maximum absolute atomic E-state index is 12.3. The third-order valence-electron chi connectivity index (χ3n) is 4.29. The molecule has 1 atom stereocenters. The van der Waals surface area contributed by atoms with Gasteiger partial charge in [-0.2, -0.15) is 0 Å². The Balaban J connectivity index is 2.82. The minimum atomic E-state index is -0.574. The van der Waals surface area contributed by atoms with Crippen LogP contribution in [0.1, 0.15) is 69.9 Å². The number of rotatable bonds is 12. The molecule has 24 heavy (non-hydrogen) atoms. The quantitative estimate of drug-likeness (QED) is 0.347. The van der Waals surface area contributed by atoms with Crippen LogP contribution in [0.3, 0.4) is 0 Å².